The second-order valence-corrected chi connectivity index (χ2v) is 8.72. The predicted molar refractivity (Wildman–Crippen MR) is 150 cm³/mol. The van der Waals surface area contributed by atoms with Crippen molar-refractivity contribution in [3.8, 4) is 5.75 Å². The Hall–Kier alpha value is -5.35. The summed E-state index contributed by atoms with van der Waals surface area (Å²) in [5, 5.41) is 18.3. The van der Waals surface area contributed by atoms with Gasteiger partial charge in [0.05, 0.1) is 28.1 Å². The number of hydrogen-bond donors (Lipinski definition) is 2. The van der Waals surface area contributed by atoms with E-state index in [2.05, 4.69) is 15.8 Å². The smallest absolute Gasteiger partial charge is 0.345 e. The number of nitrogens with zero attached hydrogens (tertiary/aromatic N) is 2. The van der Waals surface area contributed by atoms with Gasteiger partial charge in [0.15, 0.2) is 0 Å². The molecular weight excluding hydrogens is 536 g/mol. The van der Waals surface area contributed by atoms with Crippen LogP contribution in [0.1, 0.15) is 31.8 Å². The van der Waals surface area contributed by atoms with Gasteiger partial charge in [-0.2, -0.15) is 5.10 Å². The quantitative estimate of drug-likeness (QED) is 0.0928. The van der Waals surface area contributed by atoms with Crippen LogP contribution in [0.4, 0.5) is 11.4 Å². The molecule has 4 rings (SSSR count). The normalized spacial score (nSPS) is 10.6. The van der Waals surface area contributed by atoms with E-state index < -0.39 is 22.5 Å². The van der Waals surface area contributed by atoms with E-state index in [4.69, 9.17) is 16.3 Å². The number of nitrogens with one attached hydrogen (secondary N) is 2. The Labute approximate surface area is 233 Å². The summed E-state index contributed by atoms with van der Waals surface area (Å²) in [5.74, 6) is -2.02. The van der Waals surface area contributed by atoms with Crippen molar-refractivity contribution in [2.24, 2.45) is 5.10 Å². The summed E-state index contributed by atoms with van der Waals surface area (Å²) in [4.78, 5) is 48.3. The van der Waals surface area contributed by atoms with Gasteiger partial charge in [-0.15, -0.1) is 0 Å². The number of carbonyl (C=O) groups is 3. The molecule has 4 aromatic rings. The molecule has 0 spiro atoms. The van der Waals surface area contributed by atoms with Crippen LogP contribution in [-0.4, -0.2) is 28.9 Å². The Balaban J connectivity index is 1.42. The number of rotatable bonds is 9. The molecule has 0 radical (unpaired) electrons. The van der Waals surface area contributed by atoms with Crippen LogP contribution in [0.3, 0.4) is 0 Å². The molecular formula is C29H21ClN4O6. The molecule has 10 nitrogen and oxygen atoms in total. The van der Waals surface area contributed by atoms with E-state index >= 15 is 0 Å². The first-order valence-corrected chi connectivity index (χ1v) is 12.2. The summed E-state index contributed by atoms with van der Waals surface area (Å²) in [6.07, 6.45) is 1.34. The number of anilines is 1. The number of amides is 2. The number of ether oxygens (including phenoxy) is 1. The summed E-state index contributed by atoms with van der Waals surface area (Å²) in [5.41, 5.74) is 3.60. The third-order valence-electron chi connectivity index (χ3n) is 5.52. The molecule has 0 saturated heterocycles. The van der Waals surface area contributed by atoms with Crippen LogP contribution in [-0.2, 0) is 11.2 Å². The second-order valence-electron chi connectivity index (χ2n) is 8.31. The summed E-state index contributed by atoms with van der Waals surface area (Å²) >= 11 is 6.04. The van der Waals surface area contributed by atoms with E-state index in [-0.39, 0.29) is 39.8 Å². The minimum Gasteiger partial charge on any atom is -0.415 e. The summed E-state index contributed by atoms with van der Waals surface area (Å²) in [6.45, 7) is 0. The van der Waals surface area contributed by atoms with Crippen LogP contribution >= 0.6 is 11.6 Å². The number of nitro groups is 1. The molecule has 2 amide bonds. The Morgan fingerprint density at radius 2 is 1.60 bits per heavy atom. The highest BCUT2D eigenvalue weighted by atomic mass is 35.5. The number of hydrazone groups is 1. The Kier molecular flexibility index (Phi) is 8.95. The lowest BCUT2D eigenvalue weighted by atomic mass is 10.1. The van der Waals surface area contributed by atoms with Gasteiger partial charge in [-0.1, -0.05) is 60.1 Å². The van der Waals surface area contributed by atoms with Crippen LogP contribution < -0.4 is 15.5 Å². The standard InChI is InChI=1S/C29H21ClN4O6/c30-24-11-5-4-10-23(24)29(37)40-27-21(9-6-12-25(27)34(38)39)18-31-33-28(36)20-13-15-22(16-14-20)32-26(35)17-19-7-2-1-3-8-19/h1-16,18H,17H2,(H,32,35)(H,33,36)/b31-18+. The maximum atomic E-state index is 12.6. The summed E-state index contributed by atoms with van der Waals surface area (Å²) in [7, 11) is 0. The topological polar surface area (TPSA) is 140 Å². The summed E-state index contributed by atoms with van der Waals surface area (Å²) < 4.78 is 5.33. The number of benzene rings is 4. The molecule has 0 aromatic heterocycles. The maximum absolute atomic E-state index is 12.6. The van der Waals surface area contributed by atoms with Gasteiger partial charge >= 0.3 is 11.7 Å². The van der Waals surface area contributed by atoms with Gasteiger partial charge < -0.3 is 10.1 Å². The zero-order valence-electron chi connectivity index (χ0n) is 20.7. The molecule has 200 valence electrons. The van der Waals surface area contributed by atoms with E-state index in [1.54, 1.807) is 24.3 Å². The predicted octanol–water partition coefficient (Wildman–Crippen LogP) is 5.41. The molecule has 11 heteroatoms. The molecule has 0 heterocycles. The van der Waals surface area contributed by atoms with E-state index in [0.717, 1.165) is 11.8 Å². The monoisotopic (exact) mass is 556 g/mol. The number of carbonyl (C=O) groups excluding carboxylic acids is 3. The first-order valence-electron chi connectivity index (χ1n) is 11.8. The van der Waals surface area contributed by atoms with Gasteiger partial charge in [0, 0.05) is 22.9 Å². The summed E-state index contributed by atoms with van der Waals surface area (Å²) in [6, 6.07) is 25.6. The largest absolute Gasteiger partial charge is 0.415 e. The highest BCUT2D eigenvalue weighted by Crippen LogP contribution is 2.31. The van der Waals surface area contributed by atoms with Crippen molar-refractivity contribution in [1.82, 2.24) is 5.43 Å². The average Bonchev–Trinajstić information content (AvgIpc) is 2.94. The van der Waals surface area contributed by atoms with Crippen molar-refractivity contribution < 1.29 is 24.0 Å². The van der Waals surface area contributed by atoms with Crippen molar-refractivity contribution in [3.05, 3.63) is 134 Å². The van der Waals surface area contributed by atoms with Gasteiger partial charge in [0.2, 0.25) is 11.7 Å². The number of nitro benzene ring substituents is 1. The fourth-order valence-corrected chi connectivity index (χ4v) is 3.80. The van der Waals surface area contributed by atoms with Gasteiger partial charge in [-0.05, 0) is 48.0 Å². The molecule has 0 saturated carbocycles. The van der Waals surface area contributed by atoms with E-state index in [1.807, 2.05) is 30.3 Å². The van der Waals surface area contributed by atoms with Crippen molar-refractivity contribution in [2.45, 2.75) is 6.42 Å². The number of para-hydroxylation sites is 1. The highest BCUT2D eigenvalue weighted by Gasteiger charge is 2.23. The lowest BCUT2D eigenvalue weighted by Gasteiger charge is -2.09. The second kappa shape index (κ2) is 12.9. The van der Waals surface area contributed by atoms with Gasteiger partial charge in [-0.3, -0.25) is 19.7 Å². The first kappa shape index (κ1) is 27.7. The molecule has 40 heavy (non-hydrogen) atoms. The molecule has 0 bridgehead atoms. The van der Waals surface area contributed by atoms with E-state index in [9.17, 15) is 24.5 Å². The lowest BCUT2D eigenvalue weighted by molar-refractivity contribution is -0.385. The van der Waals surface area contributed by atoms with Crippen LogP contribution in [0.25, 0.3) is 0 Å². The fourth-order valence-electron chi connectivity index (χ4n) is 3.59. The first-order chi connectivity index (χ1) is 19.3. The molecule has 4 aromatic carbocycles. The van der Waals surface area contributed by atoms with E-state index in [0.29, 0.717) is 5.69 Å². The van der Waals surface area contributed by atoms with Crippen molar-refractivity contribution >= 4 is 47.0 Å². The zero-order valence-corrected chi connectivity index (χ0v) is 21.5. The van der Waals surface area contributed by atoms with Gasteiger partial charge in [0.25, 0.3) is 5.91 Å². The van der Waals surface area contributed by atoms with E-state index in [1.165, 1.54) is 42.5 Å². The highest BCUT2D eigenvalue weighted by molar-refractivity contribution is 6.33. The Bertz CT molecular complexity index is 1590. The zero-order chi connectivity index (χ0) is 28.5. The third-order valence-corrected chi connectivity index (χ3v) is 5.85. The van der Waals surface area contributed by atoms with Crippen LogP contribution in [0.2, 0.25) is 5.02 Å². The third kappa shape index (κ3) is 7.15. The fraction of sp³-hybridized carbons (Fsp3) is 0.0345. The van der Waals surface area contributed by atoms with Crippen molar-refractivity contribution in [2.75, 3.05) is 5.32 Å². The molecule has 0 unspecified atom stereocenters. The Morgan fingerprint density at radius 3 is 2.30 bits per heavy atom. The minimum atomic E-state index is -0.894. The SMILES string of the molecule is O=C(Cc1ccccc1)Nc1ccc(C(=O)N/N=C/c2cccc([N+](=O)[O-])c2OC(=O)c2ccccc2Cl)cc1. The molecule has 0 aliphatic heterocycles. The maximum Gasteiger partial charge on any atom is 0.345 e. The van der Waals surface area contributed by atoms with Crippen molar-refractivity contribution in [3.63, 3.8) is 0 Å². The van der Waals surface area contributed by atoms with Crippen molar-refractivity contribution in [1.29, 1.82) is 0 Å². The van der Waals surface area contributed by atoms with Crippen LogP contribution in [0.15, 0.2) is 102 Å². The molecule has 0 aliphatic carbocycles. The molecule has 0 fully saturated rings. The van der Waals surface area contributed by atoms with Gasteiger partial charge in [0.1, 0.15) is 0 Å². The minimum absolute atomic E-state index is 0.0261. The molecule has 2 N–H and O–H groups in total. The van der Waals surface area contributed by atoms with Gasteiger partial charge in [-0.25, -0.2) is 10.2 Å². The van der Waals surface area contributed by atoms with Crippen LogP contribution in [0, 0.1) is 10.1 Å². The Morgan fingerprint density at radius 1 is 0.900 bits per heavy atom. The molecule has 0 atom stereocenters. The number of esters is 1. The number of hydrogen-bond acceptors (Lipinski definition) is 7. The molecule has 0 aliphatic rings. The lowest BCUT2D eigenvalue weighted by Crippen LogP contribution is -2.18. The number of halogens is 1. The average molecular weight is 557 g/mol. The van der Waals surface area contributed by atoms with Crippen LogP contribution in [0.5, 0.6) is 5.75 Å².